The molecule has 0 fully saturated rings. The normalized spacial score (nSPS) is 10.3. The molecule has 2 aromatic rings. The predicted molar refractivity (Wildman–Crippen MR) is 65.5 cm³/mol. The molecule has 2 nitrogen and oxygen atoms in total. The molecule has 0 atom stereocenters. The standard InChI is InChI=1S/C10H6INOS/c11-9-8-6(4-5-12)2-1-3-7(8)14-10(9)13/h1-3,13H,4H2. The highest BCUT2D eigenvalue weighted by atomic mass is 127. The van der Waals surface area contributed by atoms with Crippen LogP contribution in [0.1, 0.15) is 5.56 Å². The Kier molecular flexibility index (Phi) is 2.61. The molecule has 1 heterocycles. The Balaban J connectivity index is 2.79. The maximum atomic E-state index is 9.56. The van der Waals surface area contributed by atoms with Gasteiger partial charge in [0.25, 0.3) is 0 Å². The molecule has 70 valence electrons. The summed E-state index contributed by atoms with van der Waals surface area (Å²) in [5.41, 5.74) is 0.992. The van der Waals surface area contributed by atoms with Gasteiger partial charge in [-0.15, -0.1) is 0 Å². The minimum atomic E-state index is 0.339. The molecule has 0 amide bonds. The summed E-state index contributed by atoms with van der Waals surface area (Å²) in [6.45, 7) is 0. The van der Waals surface area contributed by atoms with Crippen LogP contribution in [-0.2, 0) is 6.42 Å². The third-order valence-corrected chi connectivity index (χ3v) is 4.37. The van der Waals surface area contributed by atoms with Gasteiger partial charge in [-0.3, -0.25) is 0 Å². The number of hydrogen-bond donors (Lipinski definition) is 1. The molecule has 0 saturated carbocycles. The molecule has 1 aromatic carbocycles. The van der Waals surface area contributed by atoms with Gasteiger partial charge in [-0.1, -0.05) is 23.5 Å². The number of nitrogens with zero attached hydrogens (tertiary/aromatic N) is 1. The highest BCUT2D eigenvalue weighted by molar-refractivity contribution is 14.1. The molecular formula is C10H6INOS. The number of halogens is 1. The van der Waals surface area contributed by atoms with Crippen LogP contribution in [0, 0.1) is 14.9 Å². The van der Waals surface area contributed by atoms with E-state index in [4.69, 9.17) is 5.26 Å². The minimum Gasteiger partial charge on any atom is -0.499 e. The molecule has 4 heteroatoms. The van der Waals surface area contributed by atoms with Gasteiger partial charge in [-0.2, -0.15) is 5.26 Å². The van der Waals surface area contributed by atoms with E-state index in [9.17, 15) is 5.11 Å². The summed E-state index contributed by atoms with van der Waals surface area (Å²) in [6.07, 6.45) is 0.392. The van der Waals surface area contributed by atoms with Crippen LogP contribution in [0.4, 0.5) is 0 Å². The Morgan fingerprint density at radius 1 is 1.50 bits per heavy atom. The molecule has 0 bridgehead atoms. The van der Waals surface area contributed by atoms with Crippen molar-refractivity contribution in [2.45, 2.75) is 6.42 Å². The summed E-state index contributed by atoms with van der Waals surface area (Å²) in [5, 5.41) is 19.6. The summed E-state index contributed by atoms with van der Waals surface area (Å²) in [4.78, 5) is 0. The Bertz CT molecular complexity index is 527. The molecule has 0 saturated heterocycles. The maximum absolute atomic E-state index is 9.56. The van der Waals surface area contributed by atoms with Gasteiger partial charge < -0.3 is 5.11 Å². The smallest absolute Gasteiger partial charge is 0.186 e. The summed E-state index contributed by atoms with van der Waals surface area (Å²) in [6, 6.07) is 7.94. The summed E-state index contributed by atoms with van der Waals surface area (Å²) < 4.78 is 1.90. The van der Waals surface area contributed by atoms with E-state index >= 15 is 0 Å². The number of aromatic hydroxyl groups is 1. The lowest BCUT2D eigenvalue weighted by Crippen LogP contribution is -1.82. The minimum absolute atomic E-state index is 0.339. The molecule has 0 spiro atoms. The molecule has 0 radical (unpaired) electrons. The van der Waals surface area contributed by atoms with Crippen molar-refractivity contribution >= 4 is 44.0 Å². The first-order valence-corrected chi connectivity index (χ1v) is 5.89. The van der Waals surface area contributed by atoms with Gasteiger partial charge in [0.2, 0.25) is 0 Å². The fourth-order valence-corrected chi connectivity index (χ4v) is 3.43. The zero-order valence-corrected chi connectivity index (χ0v) is 10.1. The maximum Gasteiger partial charge on any atom is 0.186 e. The number of thiophene rings is 1. The highest BCUT2D eigenvalue weighted by Gasteiger charge is 2.11. The Morgan fingerprint density at radius 3 is 3.00 bits per heavy atom. The summed E-state index contributed by atoms with van der Waals surface area (Å²) in [7, 11) is 0. The first-order chi connectivity index (χ1) is 6.74. The largest absolute Gasteiger partial charge is 0.499 e. The van der Waals surface area contributed by atoms with Gasteiger partial charge >= 0.3 is 0 Å². The molecule has 2 rings (SSSR count). The van der Waals surface area contributed by atoms with E-state index < -0.39 is 0 Å². The van der Waals surface area contributed by atoms with Crippen LogP contribution >= 0.6 is 33.9 Å². The van der Waals surface area contributed by atoms with Gasteiger partial charge in [-0.25, -0.2) is 0 Å². The SMILES string of the molecule is N#CCc1cccc2sc(O)c(I)c12. The second-order valence-corrected chi connectivity index (χ2v) is 4.96. The third-order valence-electron chi connectivity index (χ3n) is 2.00. The molecule has 1 aromatic heterocycles. The Labute approximate surface area is 98.9 Å². The van der Waals surface area contributed by atoms with Crippen LogP contribution in [0.25, 0.3) is 10.1 Å². The van der Waals surface area contributed by atoms with E-state index in [1.165, 1.54) is 11.3 Å². The fraction of sp³-hybridized carbons (Fsp3) is 0.100. The van der Waals surface area contributed by atoms with Gasteiger partial charge in [0.1, 0.15) is 0 Å². The predicted octanol–water partition coefficient (Wildman–Crippen LogP) is 3.28. The van der Waals surface area contributed by atoms with Gasteiger partial charge in [0.05, 0.1) is 16.1 Å². The third kappa shape index (κ3) is 1.47. The van der Waals surface area contributed by atoms with Crippen LogP contribution < -0.4 is 0 Å². The topological polar surface area (TPSA) is 44.0 Å². The summed E-state index contributed by atoms with van der Waals surface area (Å²) >= 11 is 3.47. The van der Waals surface area contributed by atoms with E-state index in [0.29, 0.717) is 11.5 Å². The number of hydrogen-bond acceptors (Lipinski definition) is 3. The van der Waals surface area contributed by atoms with Crippen LogP contribution in [0.2, 0.25) is 0 Å². The molecule has 0 aliphatic rings. The van der Waals surface area contributed by atoms with Gasteiger partial charge in [0, 0.05) is 10.1 Å². The average Bonchev–Trinajstić information content (AvgIpc) is 2.45. The van der Waals surface area contributed by atoms with Crippen LogP contribution in [-0.4, -0.2) is 5.11 Å². The van der Waals surface area contributed by atoms with Crippen molar-refractivity contribution in [3.05, 3.63) is 27.3 Å². The first-order valence-electron chi connectivity index (χ1n) is 4.00. The van der Waals surface area contributed by atoms with Crippen LogP contribution in [0.3, 0.4) is 0 Å². The monoisotopic (exact) mass is 315 g/mol. The zero-order valence-electron chi connectivity index (χ0n) is 7.12. The molecule has 0 unspecified atom stereocenters. The van der Waals surface area contributed by atoms with Gasteiger partial charge in [0.15, 0.2) is 5.06 Å². The van der Waals surface area contributed by atoms with E-state index in [0.717, 1.165) is 19.2 Å². The van der Waals surface area contributed by atoms with E-state index in [1.807, 2.05) is 18.2 Å². The number of fused-ring (bicyclic) bond motifs is 1. The Morgan fingerprint density at radius 2 is 2.29 bits per heavy atom. The van der Waals surface area contributed by atoms with E-state index in [2.05, 4.69) is 28.7 Å². The zero-order chi connectivity index (χ0) is 10.1. The van der Waals surface area contributed by atoms with Crippen molar-refractivity contribution in [1.82, 2.24) is 0 Å². The Hall–Kier alpha value is -0.800. The van der Waals surface area contributed by atoms with Crippen LogP contribution in [0.5, 0.6) is 5.06 Å². The number of benzene rings is 1. The quantitative estimate of drug-likeness (QED) is 0.821. The van der Waals surface area contributed by atoms with Crippen LogP contribution in [0.15, 0.2) is 18.2 Å². The lowest BCUT2D eigenvalue weighted by Gasteiger charge is -1.97. The summed E-state index contributed by atoms with van der Waals surface area (Å²) in [5.74, 6) is 0. The number of nitriles is 1. The lowest BCUT2D eigenvalue weighted by atomic mass is 10.1. The second kappa shape index (κ2) is 3.75. The van der Waals surface area contributed by atoms with Crippen molar-refractivity contribution in [2.24, 2.45) is 0 Å². The molecule has 0 aliphatic heterocycles. The average molecular weight is 315 g/mol. The van der Waals surface area contributed by atoms with Crippen molar-refractivity contribution in [3.63, 3.8) is 0 Å². The van der Waals surface area contributed by atoms with Crippen molar-refractivity contribution in [1.29, 1.82) is 5.26 Å². The number of rotatable bonds is 1. The van der Waals surface area contributed by atoms with E-state index in [1.54, 1.807) is 0 Å². The fourth-order valence-electron chi connectivity index (χ4n) is 1.40. The molecular weight excluding hydrogens is 309 g/mol. The van der Waals surface area contributed by atoms with Crippen molar-refractivity contribution in [3.8, 4) is 11.1 Å². The van der Waals surface area contributed by atoms with Gasteiger partial charge in [-0.05, 0) is 34.2 Å². The molecule has 1 N–H and O–H groups in total. The first kappa shape index (κ1) is 9.74. The van der Waals surface area contributed by atoms with Crippen molar-refractivity contribution in [2.75, 3.05) is 0 Å². The molecule has 14 heavy (non-hydrogen) atoms. The lowest BCUT2D eigenvalue weighted by molar-refractivity contribution is 0.488. The van der Waals surface area contributed by atoms with E-state index in [-0.39, 0.29) is 0 Å². The second-order valence-electron chi connectivity index (χ2n) is 2.85. The molecule has 0 aliphatic carbocycles. The highest BCUT2D eigenvalue weighted by Crippen LogP contribution is 2.39. The van der Waals surface area contributed by atoms with Crippen molar-refractivity contribution < 1.29 is 5.11 Å².